The van der Waals surface area contributed by atoms with Gasteiger partial charge < -0.3 is 0 Å². The van der Waals surface area contributed by atoms with Crippen LogP contribution in [0.3, 0.4) is 0 Å². The van der Waals surface area contributed by atoms with Crippen molar-refractivity contribution >= 4 is 16.6 Å². The molecule has 74 valence electrons. The number of pyridine rings is 1. The third-order valence-electron chi connectivity index (χ3n) is 2.23. The number of hydrogen-bond donors (Lipinski definition) is 1. The molecule has 4 nitrogen and oxygen atoms in total. The van der Waals surface area contributed by atoms with Crippen LogP contribution in [0.1, 0.15) is 11.3 Å². The second-order valence-corrected chi connectivity index (χ2v) is 3.50. The molecule has 2 aromatic rings. The molecule has 0 amide bonds. The summed E-state index contributed by atoms with van der Waals surface area (Å²) in [4.78, 5) is 7.47. The van der Waals surface area contributed by atoms with Gasteiger partial charge in [-0.3, -0.25) is 4.98 Å². The molecule has 0 bridgehead atoms. The minimum Gasteiger partial charge on any atom is -0.253 e. The quantitative estimate of drug-likeness (QED) is 0.556. The van der Waals surface area contributed by atoms with Crippen LogP contribution in [-0.2, 0) is 0 Å². The van der Waals surface area contributed by atoms with Crippen molar-refractivity contribution in [3.05, 3.63) is 35.5 Å². The van der Waals surface area contributed by atoms with Crippen LogP contribution < -0.4 is 4.91 Å². The summed E-state index contributed by atoms with van der Waals surface area (Å²) in [6.07, 6.45) is 0. The first-order valence-electron chi connectivity index (χ1n) is 4.66. The van der Waals surface area contributed by atoms with Gasteiger partial charge in [-0.25, -0.2) is 0 Å². The van der Waals surface area contributed by atoms with Crippen LogP contribution in [0.5, 0.6) is 0 Å². The Morgan fingerprint density at radius 2 is 2.07 bits per heavy atom. The summed E-state index contributed by atoms with van der Waals surface area (Å²) in [7, 11) is 0. The van der Waals surface area contributed by atoms with Gasteiger partial charge in [0.05, 0.1) is 5.52 Å². The molecule has 0 aliphatic rings. The number of rotatable bonds is 1. The largest absolute Gasteiger partial charge is 0.253 e. The number of nitrogens with zero attached hydrogens (tertiary/aromatic N) is 3. The van der Waals surface area contributed by atoms with E-state index in [9.17, 15) is 0 Å². The van der Waals surface area contributed by atoms with Gasteiger partial charge in [-0.2, -0.15) is 0 Å². The minimum absolute atomic E-state index is 0.705. The summed E-state index contributed by atoms with van der Waals surface area (Å²) in [5.41, 5.74) is 10.4. The first-order valence-corrected chi connectivity index (χ1v) is 4.66. The van der Waals surface area contributed by atoms with Crippen molar-refractivity contribution in [3.8, 4) is 0 Å². The van der Waals surface area contributed by atoms with E-state index in [1.54, 1.807) is 0 Å². The average Bonchev–Trinajstić information content (AvgIpc) is 2.19. The number of hydrogen-bond acceptors (Lipinski definition) is 3. The van der Waals surface area contributed by atoms with Gasteiger partial charge in [0.25, 0.3) is 0 Å². The normalized spacial score (nSPS) is 10.0. The molecule has 0 radical (unpaired) electrons. The van der Waals surface area contributed by atoms with Crippen molar-refractivity contribution in [1.82, 2.24) is 9.90 Å². The molecule has 0 saturated carbocycles. The number of aryl methyl sites for hydroxylation is 2. The molecule has 1 N–H and O–H groups in total. The predicted octanol–water partition coefficient (Wildman–Crippen LogP) is 3.03. The van der Waals surface area contributed by atoms with Crippen molar-refractivity contribution < 1.29 is 0 Å². The number of nitrogens with one attached hydrogen (secondary N) is 1. The molecule has 1 aromatic heterocycles. The van der Waals surface area contributed by atoms with E-state index >= 15 is 0 Å². The molecular weight excluding hydrogens is 188 g/mol. The average molecular weight is 199 g/mol. The van der Waals surface area contributed by atoms with Crippen LogP contribution in [0.15, 0.2) is 29.4 Å². The van der Waals surface area contributed by atoms with Crippen LogP contribution in [-0.4, -0.2) is 4.98 Å². The minimum atomic E-state index is 0.705. The molecule has 0 fully saturated rings. The van der Waals surface area contributed by atoms with Gasteiger partial charge in [0.15, 0.2) is 10.8 Å². The molecule has 2 rings (SSSR count). The fourth-order valence-corrected chi connectivity index (χ4v) is 1.59. The molecule has 0 unspecified atom stereocenters. The molecule has 1 aromatic carbocycles. The molecule has 0 spiro atoms. The Labute approximate surface area is 87.2 Å². The van der Waals surface area contributed by atoms with Crippen molar-refractivity contribution in [2.24, 2.45) is 5.11 Å². The fourth-order valence-electron chi connectivity index (χ4n) is 1.59. The van der Waals surface area contributed by atoms with Crippen LogP contribution >= 0.6 is 0 Å². The molecule has 0 saturated heterocycles. The molecule has 4 heteroatoms. The zero-order valence-electron chi connectivity index (χ0n) is 8.65. The van der Waals surface area contributed by atoms with Crippen molar-refractivity contribution in [2.75, 3.05) is 0 Å². The SMILES string of the molecule is Cc1ccc2nc(C)cc(N=[N+]=N)c2c1. The second kappa shape index (κ2) is 3.59. The zero-order valence-corrected chi connectivity index (χ0v) is 8.65. The molecule has 1 heterocycles. The Balaban J connectivity index is 2.87. The van der Waals surface area contributed by atoms with E-state index in [4.69, 9.17) is 5.53 Å². The van der Waals surface area contributed by atoms with E-state index in [-0.39, 0.29) is 0 Å². The Bertz CT molecular complexity index is 568. The van der Waals surface area contributed by atoms with Gasteiger partial charge in [0, 0.05) is 11.1 Å². The summed E-state index contributed by atoms with van der Waals surface area (Å²) in [5.74, 6) is 0. The smallest absolute Gasteiger partial charge is 0.220 e. The topological polar surface area (TPSA) is 63.2 Å². The highest BCUT2D eigenvalue weighted by Gasteiger charge is 2.06. The van der Waals surface area contributed by atoms with Gasteiger partial charge in [-0.1, -0.05) is 11.6 Å². The summed E-state index contributed by atoms with van der Waals surface area (Å²) in [6.45, 7) is 3.92. The maximum Gasteiger partial charge on any atom is 0.220 e. The number of benzene rings is 1. The maximum absolute atomic E-state index is 6.78. The lowest BCUT2D eigenvalue weighted by atomic mass is 10.1. The summed E-state index contributed by atoms with van der Waals surface area (Å²) in [6, 6.07) is 7.81. The molecule has 15 heavy (non-hydrogen) atoms. The standard InChI is InChI=1S/C11H11N4/c1-7-3-4-10-9(5-7)11(14-15-12)6-8(2)13-10/h3-6,12H,1-2H3/q+1. The highest BCUT2D eigenvalue weighted by atomic mass is 15.1. The van der Waals surface area contributed by atoms with Crippen LogP contribution in [0.2, 0.25) is 0 Å². The Hall–Kier alpha value is -2.06. The maximum atomic E-state index is 6.78. The summed E-state index contributed by atoms with van der Waals surface area (Å²) < 4.78 is 0. The van der Waals surface area contributed by atoms with E-state index in [1.807, 2.05) is 38.1 Å². The second-order valence-electron chi connectivity index (χ2n) is 3.50. The lowest BCUT2D eigenvalue weighted by Crippen LogP contribution is -1.85. The zero-order chi connectivity index (χ0) is 10.8. The predicted molar refractivity (Wildman–Crippen MR) is 58.2 cm³/mol. The lowest BCUT2D eigenvalue weighted by molar-refractivity contribution is 0.992. The van der Waals surface area contributed by atoms with E-state index in [0.717, 1.165) is 22.2 Å². The van der Waals surface area contributed by atoms with Gasteiger partial charge in [-0.05, 0) is 32.0 Å². The van der Waals surface area contributed by atoms with Crippen LogP contribution in [0, 0.1) is 19.4 Å². The third-order valence-corrected chi connectivity index (χ3v) is 2.23. The summed E-state index contributed by atoms with van der Waals surface area (Å²) in [5, 5.41) is 4.73. The van der Waals surface area contributed by atoms with E-state index in [1.165, 1.54) is 0 Å². The lowest BCUT2D eigenvalue weighted by Gasteiger charge is -2.00. The van der Waals surface area contributed by atoms with Crippen LogP contribution in [0.4, 0.5) is 5.69 Å². The van der Waals surface area contributed by atoms with Crippen molar-refractivity contribution in [1.29, 1.82) is 5.53 Å². The van der Waals surface area contributed by atoms with Gasteiger partial charge in [0.2, 0.25) is 4.91 Å². The first kappa shape index (κ1) is 9.49. The van der Waals surface area contributed by atoms with Crippen LogP contribution in [0.25, 0.3) is 10.9 Å². The van der Waals surface area contributed by atoms with Crippen molar-refractivity contribution in [2.45, 2.75) is 13.8 Å². The van der Waals surface area contributed by atoms with E-state index in [2.05, 4.69) is 15.0 Å². The monoisotopic (exact) mass is 199 g/mol. The molecule has 0 aliphatic carbocycles. The highest BCUT2D eigenvalue weighted by Crippen LogP contribution is 2.25. The summed E-state index contributed by atoms with van der Waals surface area (Å²) >= 11 is 0. The molecule has 0 aliphatic heterocycles. The van der Waals surface area contributed by atoms with Gasteiger partial charge >= 0.3 is 0 Å². The van der Waals surface area contributed by atoms with Crippen molar-refractivity contribution in [3.63, 3.8) is 0 Å². The Morgan fingerprint density at radius 1 is 1.27 bits per heavy atom. The number of fused-ring (bicyclic) bond motifs is 1. The van der Waals surface area contributed by atoms with Gasteiger partial charge in [-0.15, -0.1) is 0 Å². The Morgan fingerprint density at radius 3 is 2.80 bits per heavy atom. The van der Waals surface area contributed by atoms with Gasteiger partial charge in [0.1, 0.15) is 5.53 Å². The van der Waals surface area contributed by atoms with E-state index < -0.39 is 0 Å². The third kappa shape index (κ3) is 1.75. The molecular formula is C11H11N4+. The number of aromatic nitrogens is 1. The highest BCUT2D eigenvalue weighted by molar-refractivity contribution is 5.90. The fraction of sp³-hybridized carbons (Fsp3) is 0.182. The first-order chi connectivity index (χ1) is 7.20. The molecule has 0 atom stereocenters. The van der Waals surface area contributed by atoms with E-state index in [0.29, 0.717) is 5.69 Å². The Kier molecular flexibility index (Phi) is 2.27.